The van der Waals surface area contributed by atoms with Gasteiger partial charge in [0, 0.05) is 25.2 Å². The molecule has 1 aromatic carbocycles. The van der Waals surface area contributed by atoms with Crippen LogP contribution in [0.5, 0.6) is 0 Å². The van der Waals surface area contributed by atoms with E-state index in [2.05, 4.69) is 0 Å². The van der Waals surface area contributed by atoms with E-state index >= 15 is 0 Å². The van der Waals surface area contributed by atoms with E-state index in [1.54, 1.807) is 13.8 Å². The Morgan fingerprint density at radius 3 is 2.40 bits per heavy atom. The summed E-state index contributed by atoms with van der Waals surface area (Å²) in [5, 5.41) is 9.00. The van der Waals surface area contributed by atoms with Gasteiger partial charge in [-0.2, -0.15) is 4.31 Å². The van der Waals surface area contributed by atoms with Crippen LogP contribution < -0.4 is 0 Å². The van der Waals surface area contributed by atoms with E-state index in [0.717, 1.165) is 0 Å². The van der Waals surface area contributed by atoms with Crippen LogP contribution in [-0.2, 0) is 19.6 Å². The van der Waals surface area contributed by atoms with Gasteiger partial charge >= 0.3 is 5.97 Å². The Labute approximate surface area is 147 Å². The highest BCUT2D eigenvalue weighted by Crippen LogP contribution is 2.18. The highest BCUT2D eigenvalue weighted by molar-refractivity contribution is 7.89. The van der Waals surface area contributed by atoms with Crippen molar-refractivity contribution in [3.63, 3.8) is 0 Å². The van der Waals surface area contributed by atoms with E-state index in [1.807, 2.05) is 0 Å². The molecule has 1 fully saturated rings. The summed E-state index contributed by atoms with van der Waals surface area (Å²) in [5.74, 6) is -1.47. The normalized spacial score (nSPS) is 18.6. The number of nitrogens with zero attached hydrogens (tertiary/aromatic N) is 2. The summed E-state index contributed by atoms with van der Waals surface area (Å²) in [5.41, 5.74) is 0.303. The van der Waals surface area contributed by atoms with Gasteiger partial charge in [0.25, 0.3) is 5.91 Å². The quantitative estimate of drug-likeness (QED) is 0.816. The van der Waals surface area contributed by atoms with Crippen molar-refractivity contribution in [2.24, 2.45) is 0 Å². The lowest BCUT2D eigenvalue weighted by Crippen LogP contribution is -2.48. The van der Waals surface area contributed by atoms with Gasteiger partial charge < -0.3 is 14.7 Å². The smallest absolute Gasteiger partial charge is 0.334 e. The fourth-order valence-corrected chi connectivity index (χ4v) is 3.75. The first kappa shape index (κ1) is 19.4. The Bertz CT molecular complexity index is 744. The van der Waals surface area contributed by atoms with Gasteiger partial charge in [-0.1, -0.05) is 0 Å². The molecule has 0 radical (unpaired) electrons. The molecule has 1 aliphatic heterocycles. The van der Waals surface area contributed by atoms with Crippen LogP contribution in [0.2, 0.25) is 0 Å². The number of carbonyl (C=O) groups is 2. The maximum atomic E-state index is 12.5. The van der Waals surface area contributed by atoms with Crippen LogP contribution in [0.25, 0.3) is 0 Å². The number of sulfonamides is 1. The number of morpholine rings is 1. The molecule has 2 rings (SSSR count). The summed E-state index contributed by atoms with van der Waals surface area (Å²) in [4.78, 5) is 25.0. The summed E-state index contributed by atoms with van der Waals surface area (Å²) >= 11 is 0. The number of carboxylic acids is 1. The predicted molar refractivity (Wildman–Crippen MR) is 89.8 cm³/mol. The van der Waals surface area contributed by atoms with Gasteiger partial charge in [0.1, 0.15) is 0 Å². The number of hydrogen-bond acceptors (Lipinski definition) is 5. The molecule has 1 atom stereocenters. The summed E-state index contributed by atoms with van der Waals surface area (Å²) in [7, 11) is -2.12. The van der Waals surface area contributed by atoms with E-state index in [4.69, 9.17) is 9.84 Å². The molecule has 1 unspecified atom stereocenters. The highest BCUT2D eigenvalue weighted by atomic mass is 32.2. The lowest BCUT2D eigenvalue weighted by atomic mass is 10.1. The molecule has 1 aromatic rings. The average Bonchev–Trinajstić information content (AvgIpc) is 2.60. The van der Waals surface area contributed by atoms with E-state index in [9.17, 15) is 18.0 Å². The topological polar surface area (TPSA) is 104 Å². The van der Waals surface area contributed by atoms with Crippen LogP contribution >= 0.6 is 0 Å². The van der Waals surface area contributed by atoms with Crippen LogP contribution in [-0.4, -0.2) is 73.5 Å². The fourth-order valence-electron chi connectivity index (χ4n) is 2.38. The van der Waals surface area contributed by atoms with E-state index in [-0.39, 0.29) is 30.0 Å². The first-order valence-electron chi connectivity index (χ1n) is 7.86. The first-order chi connectivity index (χ1) is 11.6. The van der Waals surface area contributed by atoms with Crippen molar-refractivity contribution in [2.75, 3.05) is 26.7 Å². The van der Waals surface area contributed by atoms with Gasteiger partial charge in [-0.25, -0.2) is 13.2 Å². The molecular weight excluding hydrogens is 348 g/mol. The van der Waals surface area contributed by atoms with Gasteiger partial charge in [-0.3, -0.25) is 4.79 Å². The monoisotopic (exact) mass is 370 g/mol. The molecule has 1 N–H and O–H groups in total. The van der Waals surface area contributed by atoms with Crippen molar-refractivity contribution in [2.45, 2.75) is 30.9 Å². The Morgan fingerprint density at radius 1 is 1.28 bits per heavy atom. The Morgan fingerprint density at radius 2 is 1.88 bits per heavy atom. The Hall–Kier alpha value is -1.97. The van der Waals surface area contributed by atoms with Crippen molar-refractivity contribution < 1.29 is 27.9 Å². The van der Waals surface area contributed by atoms with Crippen molar-refractivity contribution >= 4 is 21.9 Å². The lowest BCUT2D eigenvalue weighted by Gasteiger charge is -2.31. The second-order valence-electron chi connectivity index (χ2n) is 6.09. The largest absolute Gasteiger partial charge is 0.479 e. The third-order valence-electron chi connectivity index (χ3n) is 4.13. The van der Waals surface area contributed by atoms with E-state index < -0.39 is 22.1 Å². The van der Waals surface area contributed by atoms with Crippen LogP contribution in [0, 0.1) is 0 Å². The van der Waals surface area contributed by atoms with E-state index in [0.29, 0.717) is 12.1 Å². The number of carboxylic acid groups (broad SMARTS) is 1. The minimum absolute atomic E-state index is 0.0374. The minimum Gasteiger partial charge on any atom is -0.479 e. The number of benzene rings is 1. The van der Waals surface area contributed by atoms with Crippen LogP contribution in [0.1, 0.15) is 24.2 Å². The third-order valence-corrected chi connectivity index (χ3v) is 6.18. The van der Waals surface area contributed by atoms with Crippen molar-refractivity contribution in [1.82, 2.24) is 9.21 Å². The van der Waals surface area contributed by atoms with Gasteiger partial charge in [-0.05, 0) is 38.1 Å². The average molecular weight is 370 g/mol. The summed E-state index contributed by atoms with van der Waals surface area (Å²) < 4.78 is 31.2. The van der Waals surface area contributed by atoms with Gasteiger partial charge in [-0.15, -0.1) is 0 Å². The molecule has 1 heterocycles. The standard InChI is InChI=1S/C16H22N2O6S/c1-11(2)17(3)25(22,23)13-6-4-12(5-7-13)15(19)18-8-9-24-14(10-18)16(20)21/h4-7,11,14H,8-10H2,1-3H3,(H,20,21). The zero-order valence-electron chi connectivity index (χ0n) is 14.4. The van der Waals surface area contributed by atoms with Crippen molar-refractivity contribution in [3.05, 3.63) is 29.8 Å². The molecule has 0 spiro atoms. The number of aliphatic carboxylic acids is 1. The molecule has 138 valence electrons. The number of ether oxygens (including phenoxy) is 1. The van der Waals surface area contributed by atoms with Crippen molar-refractivity contribution in [1.29, 1.82) is 0 Å². The predicted octanol–water partition coefficient (Wildman–Crippen LogP) is 0.641. The maximum absolute atomic E-state index is 12.5. The molecule has 9 heteroatoms. The highest BCUT2D eigenvalue weighted by Gasteiger charge is 2.30. The minimum atomic E-state index is -3.61. The first-order valence-corrected chi connectivity index (χ1v) is 9.30. The Kier molecular flexibility index (Phi) is 5.81. The zero-order valence-corrected chi connectivity index (χ0v) is 15.2. The molecule has 1 saturated heterocycles. The molecule has 0 aliphatic carbocycles. The van der Waals surface area contributed by atoms with Gasteiger partial charge in [0.15, 0.2) is 6.10 Å². The molecule has 8 nitrogen and oxygen atoms in total. The van der Waals surface area contributed by atoms with Gasteiger partial charge in [0.2, 0.25) is 10.0 Å². The maximum Gasteiger partial charge on any atom is 0.334 e. The molecule has 1 amide bonds. The fraction of sp³-hybridized carbons (Fsp3) is 0.500. The summed E-state index contributed by atoms with van der Waals surface area (Å²) in [6, 6.07) is 5.46. The molecule has 0 saturated carbocycles. The van der Waals surface area contributed by atoms with Gasteiger partial charge in [0.05, 0.1) is 18.0 Å². The summed E-state index contributed by atoms with van der Waals surface area (Å²) in [6.45, 7) is 3.94. The third kappa shape index (κ3) is 4.17. The number of hydrogen-bond donors (Lipinski definition) is 1. The molecular formula is C16H22N2O6S. The number of amides is 1. The molecule has 25 heavy (non-hydrogen) atoms. The number of carbonyl (C=O) groups excluding carboxylic acids is 1. The van der Waals surface area contributed by atoms with E-state index in [1.165, 1.54) is 40.5 Å². The van der Waals surface area contributed by atoms with Crippen LogP contribution in [0.4, 0.5) is 0 Å². The molecule has 0 aromatic heterocycles. The summed E-state index contributed by atoms with van der Waals surface area (Å²) in [6.07, 6.45) is -1.04. The van der Waals surface area contributed by atoms with Crippen molar-refractivity contribution in [3.8, 4) is 0 Å². The Balaban J connectivity index is 2.17. The molecule has 0 bridgehead atoms. The zero-order chi connectivity index (χ0) is 18.8. The van der Waals surface area contributed by atoms with Crippen LogP contribution in [0.3, 0.4) is 0 Å². The second kappa shape index (κ2) is 7.51. The number of rotatable bonds is 5. The second-order valence-corrected chi connectivity index (χ2v) is 8.09. The SMILES string of the molecule is CC(C)N(C)S(=O)(=O)c1ccc(C(=O)N2CCOC(C(=O)O)C2)cc1. The van der Waals surface area contributed by atoms with Crippen LogP contribution in [0.15, 0.2) is 29.2 Å². The lowest BCUT2D eigenvalue weighted by molar-refractivity contribution is -0.154. The molecule has 1 aliphatic rings.